The maximum Gasteiger partial charge on any atom is 0.371 e. The minimum absolute atomic E-state index is 0.0411. The van der Waals surface area contributed by atoms with Crippen LogP contribution in [-0.4, -0.2) is 22.1 Å². The second-order valence-electron chi connectivity index (χ2n) is 3.64. The van der Waals surface area contributed by atoms with Crippen LogP contribution in [0.15, 0.2) is 30.0 Å². The van der Waals surface area contributed by atoms with Gasteiger partial charge in [-0.3, -0.25) is 4.79 Å². The molecule has 0 atom stereocenters. The highest BCUT2D eigenvalue weighted by Gasteiger charge is 2.07. The fourth-order valence-electron chi connectivity index (χ4n) is 1.17. The number of carbonyl (C=O) groups excluding carboxylic acids is 1. The van der Waals surface area contributed by atoms with Crippen molar-refractivity contribution >= 4 is 11.9 Å². The van der Waals surface area contributed by atoms with E-state index in [-0.39, 0.29) is 12.4 Å². The molecule has 0 aliphatic rings. The molecule has 0 unspecified atom stereocenters. The van der Waals surface area contributed by atoms with E-state index in [2.05, 4.69) is 5.32 Å². The number of rotatable bonds is 4. The number of benzene rings is 1. The van der Waals surface area contributed by atoms with Crippen LogP contribution in [0.1, 0.15) is 11.1 Å². The Morgan fingerprint density at radius 2 is 2.06 bits per heavy atom. The van der Waals surface area contributed by atoms with E-state index in [0.717, 1.165) is 0 Å². The Balaban J connectivity index is 2.60. The summed E-state index contributed by atoms with van der Waals surface area (Å²) in [6.45, 7) is 1.66. The number of aliphatic hydroxyl groups is 1. The van der Waals surface area contributed by atoms with E-state index in [4.69, 9.17) is 10.2 Å². The molecule has 5 nitrogen and oxygen atoms in total. The molecule has 0 radical (unpaired) electrons. The summed E-state index contributed by atoms with van der Waals surface area (Å²) in [6.07, 6.45) is 0.548. The molecule has 0 spiro atoms. The van der Waals surface area contributed by atoms with Gasteiger partial charge in [0.1, 0.15) is 5.82 Å². The van der Waals surface area contributed by atoms with Crippen LogP contribution < -0.4 is 5.32 Å². The van der Waals surface area contributed by atoms with Crippen molar-refractivity contribution in [2.24, 2.45) is 0 Å². The lowest BCUT2D eigenvalue weighted by molar-refractivity contribution is -0.136. The fraction of sp³-hybridized carbons (Fsp3) is 0.167. The number of carboxylic acids is 1. The van der Waals surface area contributed by atoms with Crippen molar-refractivity contribution in [3.8, 4) is 0 Å². The van der Waals surface area contributed by atoms with Crippen molar-refractivity contribution < 1.29 is 24.2 Å². The Morgan fingerprint density at radius 1 is 1.39 bits per heavy atom. The molecule has 0 aliphatic heterocycles. The van der Waals surface area contributed by atoms with Crippen LogP contribution in [0.5, 0.6) is 0 Å². The summed E-state index contributed by atoms with van der Waals surface area (Å²) in [7, 11) is 0. The van der Waals surface area contributed by atoms with Crippen molar-refractivity contribution in [3.05, 3.63) is 47.0 Å². The maximum absolute atomic E-state index is 13.2. The first-order valence-corrected chi connectivity index (χ1v) is 5.07. The van der Waals surface area contributed by atoms with Gasteiger partial charge in [0.25, 0.3) is 0 Å². The number of hydrogen-bond acceptors (Lipinski definition) is 3. The molecule has 3 N–H and O–H groups in total. The smallest absolute Gasteiger partial charge is 0.371 e. The molecule has 1 aromatic rings. The molecule has 0 aromatic heterocycles. The van der Waals surface area contributed by atoms with Gasteiger partial charge in [-0.1, -0.05) is 12.1 Å². The molecule has 0 bridgehead atoms. The van der Waals surface area contributed by atoms with Gasteiger partial charge in [0.05, 0.1) is 6.08 Å². The van der Waals surface area contributed by atoms with E-state index >= 15 is 0 Å². The van der Waals surface area contributed by atoms with Crippen molar-refractivity contribution in [1.82, 2.24) is 5.32 Å². The number of aliphatic hydroxyl groups excluding tert-OH is 1. The number of hydrogen-bond donors (Lipinski definition) is 3. The normalized spacial score (nSPS) is 11.1. The minimum atomic E-state index is -1.59. The summed E-state index contributed by atoms with van der Waals surface area (Å²) in [5.74, 6) is -3.80. The minimum Gasteiger partial charge on any atom is -0.502 e. The zero-order valence-electron chi connectivity index (χ0n) is 9.61. The van der Waals surface area contributed by atoms with Crippen molar-refractivity contribution in [2.75, 3.05) is 0 Å². The van der Waals surface area contributed by atoms with Gasteiger partial charge in [-0.2, -0.15) is 0 Å². The highest BCUT2D eigenvalue weighted by Crippen LogP contribution is 2.08. The summed E-state index contributed by atoms with van der Waals surface area (Å²) in [6, 6.07) is 4.48. The van der Waals surface area contributed by atoms with Crippen molar-refractivity contribution in [2.45, 2.75) is 13.5 Å². The summed E-state index contributed by atoms with van der Waals surface area (Å²) >= 11 is 0. The van der Waals surface area contributed by atoms with Crippen LogP contribution in [0.3, 0.4) is 0 Å². The molecule has 0 heterocycles. The number of aryl methyl sites for hydroxylation is 1. The third-order valence-corrected chi connectivity index (χ3v) is 2.19. The van der Waals surface area contributed by atoms with Crippen LogP contribution in [0.4, 0.5) is 4.39 Å². The first kappa shape index (κ1) is 13.7. The Morgan fingerprint density at radius 3 is 2.61 bits per heavy atom. The first-order valence-electron chi connectivity index (χ1n) is 5.07. The second-order valence-corrected chi connectivity index (χ2v) is 3.64. The average Bonchev–Trinajstić information content (AvgIpc) is 2.30. The van der Waals surface area contributed by atoms with Crippen molar-refractivity contribution in [1.29, 1.82) is 0 Å². The average molecular weight is 253 g/mol. The zero-order chi connectivity index (χ0) is 13.7. The van der Waals surface area contributed by atoms with Gasteiger partial charge in [-0.15, -0.1) is 0 Å². The standard InChI is InChI=1S/C12H12FNO4/c1-7-2-3-8(4-9(7)13)6-14-11(16)5-10(15)12(17)18/h2-5,15H,6H2,1H3,(H,14,16)(H,17,18)/b10-5-. The summed E-state index contributed by atoms with van der Waals surface area (Å²) in [4.78, 5) is 21.4. The van der Waals surface area contributed by atoms with E-state index in [1.807, 2.05) is 0 Å². The fourth-order valence-corrected chi connectivity index (χ4v) is 1.17. The van der Waals surface area contributed by atoms with Gasteiger partial charge in [-0.25, -0.2) is 9.18 Å². The molecule has 96 valence electrons. The highest BCUT2D eigenvalue weighted by atomic mass is 19.1. The first-order chi connectivity index (χ1) is 8.40. The van der Waals surface area contributed by atoms with Gasteiger partial charge in [0.2, 0.25) is 11.7 Å². The second kappa shape index (κ2) is 5.81. The number of nitrogens with one attached hydrogen (secondary N) is 1. The van der Waals surface area contributed by atoms with Gasteiger partial charge in [0.15, 0.2) is 0 Å². The van der Waals surface area contributed by atoms with E-state index in [1.165, 1.54) is 6.07 Å². The molecule has 0 saturated carbocycles. The molecule has 1 amide bonds. The highest BCUT2D eigenvalue weighted by molar-refractivity contribution is 5.95. The zero-order valence-corrected chi connectivity index (χ0v) is 9.61. The van der Waals surface area contributed by atoms with Gasteiger partial charge in [0, 0.05) is 6.54 Å². The summed E-state index contributed by atoms with van der Waals surface area (Å²) in [5, 5.41) is 19.5. The van der Waals surface area contributed by atoms with Gasteiger partial charge < -0.3 is 15.5 Å². The maximum atomic E-state index is 13.2. The third kappa shape index (κ3) is 3.89. The largest absolute Gasteiger partial charge is 0.502 e. The van der Waals surface area contributed by atoms with Crippen molar-refractivity contribution in [3.63, 3.8) is 0 Å². The Hall–Kier alpha value is -2.37. The van der Waals surface area contributed by atoms with Gasteiger partial charge in [-0.05, 0) is 24.1 Å². The lowest BCUT2D eigenvalue weighted by atomic mass is 10.1. The number of carboxylic acid groups (broad SMARTS) is 1. The number of carbonyl (C=O) groups is 2. The predicted octanol–water partition coefficient (Wildman–Crippen LogP) is 1.28. The molecular weight excluding hydrogens is 241 g/mol. The van der Waals surface area contributed by atoms with Gasteiger partial charge >= 0.3 is 5.97 Å². The lowest BCUT2D eigenvalue weighted by Gasteiger charge is -2.04. The lowest BCUT2D eigenvalue weighted by Crippen LogP contribution is -2.21. The van der Waals surface area contributed by atoms with E-state index in [0.29, 0.717) is 17.2 Å². The molecule has 6 heteroatoms. The number of aliphatic carboxylic acids is 1. The van der Waals surface area contributed by atoms with E-state index < -0.39 is 17.6 Å². The molecular formula is C12H12FNO4. The molecule has 0 fully saturated rings. The van der Waals surface area contributed by atoms with Crippen LogP contribution in [-0.2, 0) is 16.1 Å². The van der Waals surface area contributed by atoms with Crippen LogP contribution in [0.2, 0.25) is 0 Å². The topological polar surface area (TPSA) is 86.6 Å². The van der Waals surface area contributed by atoms with Crippen LogP contribution in [0.25, 0.3) is 0 Å². The van der Waals surface area contributed by atoms with E-state index in [9.17, 15) is 14.0 Å². The molecule has 1 rings (SSSR count). The third-order valence-electron chi connectivity index (χ3n) is 2.19. The quantitative estimate of drug-likeness (QED) is 0.557. The molecule has 0 saturated heterocycles. The Labute approximate surface area is 103 Å². The van der Waals surface area contributed by atoms with Crippen LogP contribution >= 0.6 is 0 Å². The Kier molecular flexibility index (Phi) is 4.42. The monoisotopic (exact) mass is 253 g/mol. The molecule has 18 heavy (non-hydrogen) atoms. The number of halogens is 1. The SMILES string of the molecule is Cc1ccc(CNC(=O)/C=C(\O)C(=O)O)cc1F. The molecule has 0 aliphatic carbocycles. The number of amides is 1. The van der Waals surface area contributed by atoms with E-state index in [1.54, 1.807) is 19.1 Å². The predicted molar refractivity (Wildman–Crippen MR) is 61.3 cm³/mol. The Bertz CT molecular complexity index is 511. The summed E-state index contributed by atoms with van der Waals surface area (Å²) in [5.41, 5.74) is 1.03. The van der Waals surface area contributed by atoms with Crippen LogP contribution in [0, 0.1) is 12.7 Å². The molecule has 1 aromatic carbocycles. The summed E-state index contributed by atoms with van der Waals surface area (Å²) < 4.78 is 13.2.